The molecule has 6 heterocycles. The van der Waals surface area contributed by atoms with E-state index in [1.54, 1.807) is 0 Å². The summed E-state index contributed by atoms with van der Waals surface area (Å²) in [7, 11) is 2.03. The number of benzene rings is 2. The number of halogens is 6. The van der Waals surface area contributed by atoms with Gasteiger partial charge in [0, 0.05) is 54.7 Å². The lowest BCUT2D eigenvalue weighted by Gasteiger charge is -2.40. The maximum atomic E-state index is 16.9. The van der Waals surface area contributed by atoms with Crippen LogP contribution in [0.25, 0.3) is 32.2 Å². The highest BCUT2D eigenvalue weighted by atomic mass is 32.1. The molecule has 0 amide bonds. The SMILES string of the molecule is CN1C2CCC1CN(c1nc(OC[C@@]34CCCN3C[C@H](F)C4)nc3c(F)c(-c4ccc(F)c5sc(N)nc45)c(C(F)(F)F)cc13)C2. The summed E-state index contributed by atoms with van der Waals surface area (Å²) >= 11 is 0.767. The molecular formula is C31H31F6N7OS. The molecule has 0 radical (unpaired) electrons. The van der Waals surface area contributed by atoms with E-state index in [9.17, 15) is 22.0 Å². The first-order valence-electron chi connectivity index (χ1n) is 15.4. The van der Waals surface area contributed by atoms with Gasteiger partial charge in [0.05, 0.1) is 21.3 Å². The number of alkyl halides is 4. The maximum Gasteiger partial charge on any atom is 0.417 e. The number of aromatic nitrogens is 3. The van der Waals surface area contributed by atoms with Crippen molar-refractivity contribution in [2.24, 2.45) is 0 Å². The first-order chi connectivity index (χ1) is 21.9. The number of ether oxygens (including phenoxy) is 1. The minimum atomic E-state index is -4.99. The van der Waals surface area contributed by atoms with Gasteiger partial charge in [0.1, 0.15) is 29.9 Å². The molecule has 4 saturated heterocycles. The molecule has 4 aromatic rings. The number of thiazole rings is 1. The molecule has 244 valence electrons. The van der Waals surface area contributed by atoms with E-state index in [1.165, 1.54) is 0 Å². The number of fused-ring (bicyclic) bond motifs is 5. The highest BCUT2D eigenvalue weighted by molar-refractivity contribution is 7.22. The van der Waals surface area contributed by atoms with Crippen LogP contribution in [-0.2, 0) is 6.18 Å². The lowest BCUT2D eigenvalue weighted by molar-refractivity contribution is -0.137. The number of likely N-dealkylation sites (N-methyl/N-ethyl adjacent to an activating group) is 1. The summed E-state index contributed by atoms with van der Waals surface area (Å²) < 4.78 is 96.4. The lowest BCUT2D eigenvalue weighted by atomic mass is 9.94. The van der Waals surface area contributed by atoms with Crippen LogP contribution in [0.4, 0.5) is 37.3 Å². The molecule has 4 aliphatic rings. The smallest absolute Gasteiger partial charge is 0.417 e. The molecule has 8 rings (SSSR count). The maximum absolute atomic E-state index is 16.9. The van der Waals surface area contributed by atoms with Gasteiger partial charge in [-0.25, -0.2) is 18.2 Å². The second kappa shape index (κ2) is 10.5. The molecule has 4 fully saturated rings. The Morgan fingerprint density at radius 3 is 2.57 bits per heavy atom. The van der Waals surface area contributed by atoms with Crippen LogP contribution in [0.15, 0.2) is 18.2 Å². The van der Waals surface area contributed by atoms with Gasteiger partial charge in [0.25, 0.3) is 0 Å². The fourth-order valence-corrected chi connectivity index (χ4v) is 8.88. The Hall–Kier alpha value is -3.43. The molecule has 2 aromatic heterocycles. The molecule has 4 aliphatic heterocycles. The number of nitrogens with two attached hydrogens (primary N) is 1. The summed E-state index contributed by atoms with van der Waals surface area (Å²) in [5.41, 5.74) is 2.42. The minimum absolute atomic E-state index is 0.0659. The van der Waals surface area contributed by atoms with Gasteiger partial charge in [0.15, 0.2) is 10.9 Å². The van der Waals surface area contributed by atoms with Crippen LogP contribution in [-0.4, -0.2) is 88.4 Å². The number of hydrogen-bond donors (Lipinski definition) is 1. The summed E-state index contributed by atoms with van der Waals surface area (Å²) in [4.78, 5) is 19.3. The van der Waals surface area contributed by atoms with Crippen LogP contribution >= 0.6 is 11.3 Å². The summed E-state index contributed by atoms with van der Waals surface area (Å²) in [6.07, 6.45) is -2.23. The van der Waals surface area contributed by atoms with Crippen molar-refractivity contribution in [3.05, 3.63) is 35.4 Å². The number of nitrogen functional groups attached to an aromatic ring is 1. The van der Waals surface area contributed by atoms with E-state index in [0.29, 0.717) is 26.1 Å². The third-order valence-corrected chi connectivity index (χ3v) is 11.2. The van der Waals surface area contributed by atoms with Gasteiger partial charge in [-0.15, -0.1) is 0 Å². The molecular weight excluding hydrogens is 632 g/mol. The lowest BCUT2D eigenvalue weighted by Crippen LogP contribution is -2.52. The Morgan fingerprint density at radius 1 is 1.07 bits per heavy atom. The number of piperazine rings is 1. The second-order valence-electron chi connectivity index (χ2n) is 13.0. The van der Waals surface area contributed by atoms with Crippen LogP contribution in [0.2, 0.25) is 0 Å². The molecule has 8 nitrogen and oxygen atoms in total. The number of nitrogens with zero attached hydrogens (tertiary/aromatic N) is 6. The second-order valence-corrected chi connectivity index (χ2v) is 14.0. The number of rotatable bonds is 5. The molecule has 0 aliphatic carbocycles. The number of hydrogen-bond acceptors (Lipinski definition) is 9. The Labute approximate surface area is 264 Å². The van der Waals surface area contributed by atoms with Crippen molar-refractivity contribution >= 4 is 43.4 Å². The molecule has 0 saturated carbocycles. The van der Waals surface area contributed by atoms with Crippen molar-refractivity contribution in [3.63, 3.8) is 0 Å². The van der Waals surface area contributed by atoms with Crippen LogP contribution in [0.5, 0.6) is 6.01 Å². The van der Waals surface area contributed by atoms with E-state index in [4.69, 9.17) is 10.5 Å². The van der Waals surface area contributed by atoms with E-state index in [0.717, 1.165) is 61.8 Å². The highest BCUT2D eigenvalue weighted by Gasteiger charge is 2.49. The molecule has 46 heavy (non-hydrogen) atoms. The molecule has 2 aromatic carbocycles. The zero-order chi connectivity index (χ0) is 32.1. The van der Waals surface area contributed by atoms with Gasteiger partial charge >= 0.3 is 12.2 Å². The fraction of sp³-hybridized carbons (Fsp3) is 0.516. The molecule has 4 atom stereocenters. The molecule has 0 spiro atoms. The summed E-state index contributed by atoms with van der Waals surface area (Å²) in [5.74, 6) is -1.82. The summed E-state index contributed by atoms with van der Waals surface area (Å²) in [5, 5.41) is -0.171. The fourth-order valence-electron chi connectivity index (χ4n) is 8.11. The van der Waals surface area contributed by atoms with E-state index in [-0.39, 0.29) is 62.3 Å². The highest BCUT2D eigenvalue weighted by Crippen LogP contribution is 2.47. The molecule has 2 N–H and O–H groups in total. The zero-order valence-electron chi connectivity index (χ0n) is 24.9. The first kappa shape index (κ1) is 29.9. The van der Waals surface area contributed by atoms with Gasteiger partial charge in [-0.1, -0.05) is 11.3 Å². The standard InChI is InChI=1S/C31H31F6N7OS/c1-42-16-3-4-17(42)13-43(12-16)27-19-9-20(31(35,36)37)22(18-5-6-21(33)26-25(18)39-28(38)46-26)23(34)24(19)40-29(41-27)45-14-30-7-2-8-44(30)11-15(32)10-30/h5-6,9,15-17H,2-4,7-8,10-14H2,1H3,(H2,38,39)/t15-,16?,17?,30+/m1/s1. The van der Waals surface area contributed by atoms with Gasteiger partial charge in [-0.2, -0.15) is 23.1 Å². The van der Waals surface area contributed by atoms with Crippen molar-refractivity contribution in [1.82, 2.24) is 24.8 Å². The van der Waals surface area contributed by atoms with Crippen molar-refractivity contribution in [1.29, 1.82) is 0 Å². The Kier molecular flexibility index (Phi) is 6.86. The van der Waals surface area contributed by atoms with Gasteiger partial charge < -0.3 is 15.4 Å². The van der Waals surface area contributed by atoms with Crippen LogP contribution < -0.4 is 15.4 Å². The third-order valence-electron chi connectivity index (χ3n) is 10.4. The predicted octanol–water partition coefficient (Wildman–Crippen LogP) is 6.02. The monoisotopic (exact) mass is 663 g/mol. The molecule has 2 unspecified atom stereocenters. The zero-order valence-corrected chi connectivity index (χ0v) is 25.7. The van der Waals surface area contributed by atoms with Gasteiger partial charge in [-0.3, -0.25) is 9.80 Å². The van der Waals surface area contributed by atoms with Crippen molar-refractivity contribution in [3.8, 4) is 17.1 Å². The minimum Gasteiger partial charge on any atom is -0.461 e. The Balaban J connectivity index is 1.32. The van der Waals surface area contributed by atoms with Crippen LogP contribution in [0.3, 0.4) is 0 Å². The molecule has 2 bridgehead atoms. The van der Waals surface area contributed by atoms with Gasteiger partial charge in [-0.05, 0) is 57.5 Å². The first-order valence-corrected chi connectivity index (χ1v) is 16.2. The average Bonchev–Trinajstić information content (AvgIpc) is 3.70. The van der Waals surface area contributed by atoms with Crippen molar-refractivity contribution < 1.29 is 31.1 Å². The van der Waals surface area contributed by atoms with E-state index >= 15 is 4.39 Å². The third kappa shape index (κ3) is 4.67. The van der Waals surface area contributed by atoms with Crippen LogP contribution in [0, 0.1) is 11.6 Å². The molecule has 15 heteroatoms. The predicted molar refractivity (Wildman–Crippen MR) is 163 cm³/mol. The number of anilines is 2. The summed E-state index contributed by atoms with van der Waals surface area (Å²) in [6, 6.07) is 3.06. The van der Waals surface area contributed by atoms with Crippen molar-refractivity contribution in [2.75, 3.05) is 50.5 Å². The van der Waals surface area contributed by atoms with E-state index < -0.39 is 40.6 Å². The summed E-state index contributed by atoms with van der Waals surface area (Å²) in [6.45, 7) is 2.09. The Bertz CT molecular complexity index is 1860. The van der Waals surface area contributed by atoms with E-state index in [2.05, 4.69) is 24.8 Å². The topological polar surface area (TPSA) is 83.6 Å². The van der Waals surface area contributed by atoms with Gasteiger partial charge in [0.2, 0.25) is 0 Å². The Morgan fingerprint density at radius 2 is 1.83 bits per heavy atom. The van der Waals surface area contributed by atoms with Crippen molar-refractivity contribution in [2.45, 2.75) is 62.1 Å². The largest absolute Gasteiger partial charge is 0.461 e. The van der Waals surface area contributed by atoms with Crippen LogP contribution in [0.1, 0.15) is 37.7 Å². The van der Waals surface area contributed by atoms with E-state index in [1.807, 2.05) is 11.9 Å². The normalized spacial score (nSPS) is 26.9. The average molecular weight is 664 g/mol. The quantitative estimate of drug-likeness (QED) is 0.260.